The maximum absolute atomic E-state index is 13.4. The SMILES string of the molecule is COCCCNC(=O)[C@@H]1CN(C(=O)c2cccc(OC)c2)C[C@H]1c1cc(OC)c(OC)c(OC)c1. The molecule has 1 aliphatic rings. The molecule has 1 N–H and O–H groups in total. The Morgan fingerprint density at radius 2 is 1.66 bits per heavy atom. The molecule has 2 aromatic rings. The van der Waals surface area contributed by atoms with E-state index in [4.69, 9.17) is 23.7 Å². The van der Waals surface area contributed by atoms with E-state index in [0.717, 1.165) is 5.56 Å². The molecule has 0 unspecified atom stereocenters. The number of ether oxygens (including phenoxy) is 5. The lowest BCUT2D eigenvalue weighted by Gasteiger charge is -2.21. The fraction of sp³-hybridized carbons (Fsp3) is 0.462. The van der Waals surface area contributed by atoms with E-state index in [1.807, 2.05) is 12.1 Å². The lowest BCUT2D eigenvalue weighted by Crippen LogP contribution is -2.36. The predicted octanol–water partition coefficient (Wildman–Crippen LogP) is 2.73. The van der Waals surface area contributed by atoms with Crippen LogP contribution in [0.25, 0.3) is 0 Å². The minimum absolute atomic E-state index is 0.110. The molecule has 1 fully saturated rings. The third kappa shape index (κ3) is 5.97. The van der Waals surface area contributed by atoms with Gasteiger partial charge in [0.2, 0.25) is 11.7 Å². The van der Waals surface area contributed by atoms with Gasteiger partial charge >= 0.3 is 0 Å². The molecule has 3 rings (SSSR count). The second kappa shape index (κ2) is 12.3. The molecule has 1 aliphatic heterocycles. The van der Waals surface area contributed by atoms with Crippen molar-refractivity contribution >= 4 is 11.8 Å². The zero-order valence-electron chi connectivity index (χ0n) is 21.0. The number of hydrogen-bond donors (Lipinski definition) is 1. The minimum Gasteiger partial charge on any atom is -0.497 e. The highest BCUT2D eigenvalue weighted by Crippen LogP contribution is 2.43. The lowest BCUT2D eigenvalue weighted by molar-refractivity contribution is -0.125. The molecule has 35 heavy (non-hydrogen) atoms. The van der Waals surface area contributed by atoms with Crippen LogP contribution in [-0.2, 0) is 9.53 Å². The monoisotopic (exact) mass is 486 g/mol. The van der Waals surface area contributed by atoms with E-state index in [1.165, 1.54) is 0 Å². The van der Waals surface area contributed by atoms with E-state index in [1.54, 1.807) is 64.7 Å². The Morgan fingerprint density at radius 3 is 2.26 bits per heavy atom. The molecule has 0 bridgehead atoms. The second-order valence-corrected chi connectivity index (χ2v) is 8.25. The van der Waals surface area contributed by atoms with Crippen molar-refractivity contribution in [2.45, 2.75) is 12.3 Å². The summed E-state index contributed by atoms with van der Waals surface area (Å²) in [6, 6.07) is 10.7. The largest absolute Gasteiger partial charge is 0.497 e. The highest BCUT2D eigenvalue weighted by atomic mass is 16.5. The van der Waals surface area contributed by atoms with Crippen molar-refractivity contribution in [3.05, 3.63) is 47.5 Å². The van der Waals surface area contributed by atoms with Crippen LogP contribution in [0.3, 0.4) is 0 Å². The molecule has 0 saturated carbocycles. The van der Waals surface area contributed by atoms with E-state index in [-0.39, 0.29) is 24.3 Å². The van der Waals surface area contributed by atoms with Gasteiger partial charge in [-0.15, -0.1) is 0 Å². The Morgan fingerprint density at radius 1 is 0.943 bits per heavy atom. The van der Waals surface area contributed by atoms with Crippen molar-refractivity contribution in [2.75, 3.05) is 61.8 Å². The molecule has 2 aromatic carbocycles. The summed E-state index contributed by atoms with van der Waals surface area (Å²) in [6.07, 6.45) is 0.705. The van der Waals surface area contributed by atoms with Gasteiger partial charge in [0.15, 0.2) is 11.5 Å². The molecule has 2 amide bonds. The number of rotatable bonds is 11. The molecule has 9 heteroatoms. The smallest absolute Gasteiger partial charge is 0.254 e. The topological polar surface area (TPSA) is 95.6 Å². The summed E-state index contributed by atoms with van der Waals surface area (Å²) >= 11 is 0. The predicted molar refractivity (Wildman–Crippen MR) is 131 cm³/mol. The summed E-state index contributed by atoms with van der Waals surface area (Å²) in [5, 5.41) is 2.99. The zero-order valence-corrected chi connectivity index (χ0v) is 21.0. The van der Waals surface area contributed by atoms with Gasteiger partial charge in [-0.2, -0.15) is 0 Å². The van der Waals surface area contributed by atoms with Crippen LogP contribution in [0.5, 0.6) is 23.0 Å². The van der Waals surface area contributed by atoms with Gasteiger partial charge in [0.25, 0.3) is 5.91 Å². The number of hydrogen-bond acceptors (Lipinski definition) is 7. The van der Waals surface area contributed by atoms with E-state index in [9.17, 15) is 9.59 Å². The summed E-state index contributed by atoms with van der Waals surface area (Å²) < 4.78 is 26.8. The quantitative estimate of drug-likeness (QED) is 0.488. The Bertz CT molecular complexity index is 1000. The van der Waals surface area contributed by atoms with E-state index < -0.39 is 5.92 Å². The van der Waals surface area contributed by atoms with Crippen LogP contribution in [0.15, 0.2) is 36.4 Å². The number of carbonyl (C=O) groups excluding carboxylic acids is 2. The molecule has 190 valence electrons. The first-order valence-corrected chi connectivity index (χ1v) is 11.5. The molecule has 0 aliphatic carbocycles. The molecule has 0 radical (unpaired) electrons. The normalized spacial score (nSPS) is 17.1. The lowest BCUT2D eigenvalue weighted by atomic mass is 9.88. The summed E-state index contributed by atoms with van der Waals surface area (Å²) in [5.74, 6) is 1.09. The van der Waals surface area contributed by atoms with Crippen LogP contribution >= 0.6 is 0 Å². The van der Waals surface area contributed by atoms with Crippen LogP contribution in [0.4, 0.5) is 0 Å². The van der Waals surface area contributed by atoms with Gasteiger partial charge in [0, 0.05) is 44.8 Å². The van der Waals surface area contributed by atoms with Gasteiger partial charge in [-0.25, -0.2) is 0 Å². The zero-order chi connectivity index (χ0) is 25.4. The van der Waals surface area contributed by atoms with Gasteiger partial charge in [0.05, 0.1) is 34.4 Å². The number of carbonyl (C=O) groups is 2. The van der Waals surface area contributed by atoms with Crippen molar-refractivity contribution in [1.29, 1.82) is 0 Å². The second-order valence-electron chi connectivity index (χ2n) is 8.25. The van der Waals surface area contributed by atoms with Crippen molar-refractivity contribution in [3.63, 3.8) is 0 Å². The summed E-state index contributed by atoms with van der Waals surface area (Å²) in [7, 11) is 7.83. The van der Waals surface area contributed by atoms with Crippen molar-refractivity contribution in [2.24, 2.45) is 5.92 Å². The first kappa shape index (κ1) is 26.2. The van der Waals surface area contributed by atoms with Crippen molar-refractivity contribution in [3.8, 4) is 23.0 Å². The van der Waals surface area contributed by atoms with Crippen LogP contribution in [0, 0.1) is 5.92 Å². The number of nitrogens with zero attached hydrogens (tertiary/aromatic N) is 1. The number of likely N-dealkylation sites (tertiary alicyclic amines) is 1. The molecule has 9 nitrogen and oxygen atoms in total. The van der Waals surface area contributed by atoms with Crippen LogP contribution in [0.1, 0.15) is 28.3 Å². The Labute approximate surface area is 206 Å². The average molecular weight is 487 g/mol. The van der Waals surface area contributed by atoms with Gasteiger partial charge < -0.3 is 33.9 Å². The Balaban J connectivity index is 1.93. The standard InChI is InChI=1S/C26H34N2O7/c1-31-11-7-10-27-25(29)21-16-28(26(30)17-8-6-9-19(12-17)32-2)15-20(21)18-13-22(33-3)24(35-5)23(14-18)34-4/h6,8-9,12-14,20-21H,7,10-11,15-16H2,1-5H3,(H,27,29)/t20-,21+/m0/s1. The number of benzene rings is 2. The molecule has 1 saturated heterocycles. The van der Waals surface area contributed by atoms with E-state index in [0.29, 0.717) is 54.7 Å². The van der Waals surface area contributed by atoms with Crippen LogP contribution in [-0.4, -0.2) is 78.5 Å². The fourth-order valence-corrected chi connectivity index (χ4v) is 4.39. The molecule has 1 heterocycles. The van der Waals surface area contributed by atoms with Crippen molar-refractivity contribution < 1.29 is 33.3 Å². The van der Waals surface area contributed by atoms with Crippen LogP contribution in [0.2, 0.25) is 0 Å². The fourth-order valence-electron chi connectivity index (χ4n) is 4.39. The van der Waals surface area contributed by atoms with Gasteiger partial charge in [-0.05, 0) is 42.3 Å². The molecule has 2 atom stereocenters. The summed E-state index contributed by atoms with van der Waals surface area (Å²) in [5.41, 5.74) is 1.34. The first-order valence-electron chi connectivity index (χ1n) is 11.5. The molecule has 0 spiro atoms. The number of amides is 2. The average Bonchev–Trinajstić information content (AvgIpc) is 3.35. The Hall–Kier alpha value is -3.46. The number of nitrogens with one attached hydrogen (secondary N) is 1. The van der Waals surface area contributed by atoms with E-state index in [2.05, 4.69) is 5.32 Å². The first-order chi connectivity index (χ1) is 17.0. The highest BCUT2D eigenvalue weighted by molar-refractivity contribution is 5.95. The molecular weight excluding hydrogens is 452 g/mol. The van der Waals surface area contributed by atoms with Gasteiger partial charge in [-0.1, -0.05) is 6.07 Å². The van der Waals surface area contributed by atoms with Crippen LogP contribution < -0.4 is 24.3 Å². The Kier molecular flexibility index (Phi) is 9.19. The highest BCUT2D eigenvalue weighted by Gasteiger charge is 2.41. The van der Waals surface area contributed by atoms with Crippen molar-refractivity contribution in [1.82, 2.24) is 10.2 Å². The third-order valence-electron chi connectivity index (χ3n) is 6.20. The third-order valence-corrected chi connectivity index (χ3v) is 6.20. The maximum atomic E-state index is 13.4. The summed E-state index contributed by atoms with van der Waals surface area (Å²) in [6.45, 7) is 1.70. The van der Waals surface area contributed by atoms with Gasteiger partial charge in [0.1, 0.15) is 5.75 Å². The number of methoxy groups -OCH3 is 5. The van der Waals surface area contributed by atoms with E-state index >= 15 is 0 Å². The molecule has 0 aromatic heterocycles. The maximum Gasteiger partial charge on any atom is 0.254 e. The van der Waals surface area contributed by atoms with Gasteiger partial charge in [-0.3, -0.25) is 9.59 Å². The minimum atomic E-state index is -0.449. The summed E-state index contributed by atoms with van der Waals surface area (Å²) in [4.78, 5) is 28.3. The molecular formula is C26H34N2O7.